The normalized spacial score (nSPS) is 10.5. The molecule has 1 N–H and O–H groups in total. The maximum absolute atomic E-state index is 12.7. The molecule has 138 valence electrons. The van der Waals surface area contributed by atoms with Gasteiger partial charge in [0.05, 0.1) is 0 Å². The molecule has 0 aliphatic rings. The summed E-state index contributed by atoms with van der Waals surface area (Å²) in [5, 5.41) is 3.04. The number of benzene rings is 2. The van der Waals surface area contributed by atoms with E-state index in [1.165, 1.54) is 11.8 Å². The van der Waals surface area contributed by atoms with Gasteiger partial charge in [-0.25, -0.2) is 0 Å². The van der Waals surface area contributed by atoms with Crippen LogP contribution >= 0.6 is 0 Å². The molecule has 26 heavy (non-hydrogen) atoms. The summed E-state index contributed by atoms with van der Waals surface area (Å²) in [5.41, 5.74) is 5.92. The second-order valence-electron chi connectivity index (χ2n) is 6.60. The highest BCUT2D eigenvalue weighted by Crippen LogP contribution is 2.24. The molecule has 0 spiro atoms. The lowest BCUT2D eigenvalue weighted by Gasteiger charge is -2.24. The molecule has 0 bridgehead atoms. The minimum atomic E-state index is -0.184. The van der Waals surface area contributed by atoms with Crippen molar-refractivity contribution in [3.05, 3.63) is 58.7 Å². The molecule has 0 fully saturated rings. The largest absolute Gasteiger partial charge is 0.324 e. The van der Waals surface area contributed by atoms with Gasteiger partial charge in [0.2, 0.25) is 11.8 Å². The number of anilines is 2. The molecule has 4 heteroatoms. The first-order chi connectivity index (χ1) is 12.4. The fraction of sp³-hybridized carbons (Fsp3) is 0.364. The molecule has 0 atom stereocenters. The Labute approximate surface area is 156 Å². The Hall–Kier alpha value is -2.62. The van der Waals surface area contributed by atoms with Crippen molar-refractivity contribution < 1.29 is 9.59 Å². The maximum Gasteiger partial charge on any atom is 0.244 e. The minimum absolute atomic E-state index is 0.000823. The number of para-hydroxylation sites is 1. The first-order valence-electron chi connectivity index (χ1n) is 9.13. The lowest BCUT2D eigenvalue weighted by molar-refractivity contribution is -0.120. The Balaban J connectivity index is 2.27. The van der Waals surface area contributed by atoms with Crippen molar-refractivity contribution in [3.8, 4) is 0 Å². The number of nitrogens with one attached hydrogen (secondary N) is 1. The molecule has 2 aromatic carbocycles. The highest BCUT2D eigenvalue weighted by molar-refractivity contribution is 6.02. The molecule has 0 heterocycles. The van der Waals surface area contributed by atoms with Crippen LogP contribution in [0.4, 0.5) is 11.4 Å². The number of aryl methyl sites for hydroxylation is 4. The number of hydrogen-bond donors (Lipinski definition) is 1. The first-order valence-corrected chi connectivity index (χ1v) is 9.13. The molecule has 0 saturated heterocycles. The van der Waals surface area contributed by atoms with Crippen LogP contribution in [0, 0.1) is 13.8 Å². The highest BCUT2D eigenvalue weighted by Gasteiger charge is 2.19. The molecular formula is C22H28N2O2. The van der Waals surface area contributed by atoms with Crippen LogP contribution in [0.15, 0.2) is 36.4 Å². The summed E-state index contributed by atoms with van der Waals surface area (Å²) in [6.45, 7) is 9.56. The zero-order chi connectivity index (χ0) is 19.3. The lowest BCUT2D eigenvalue weighted by Crippen LogP contribution is -2.37. The molecule has 0 unspecified atom stereocenters. The minimum Gasteiger partial charge on any atom is -0.324 e. The number of nitrogens with zero attached hydrogens (tertiary/aromatic N) is 1. The van der Waals surface area contributed by atoms with Gasteiger partial charge in [0.15, 0.2) is 0 Å². The summed E-state index contributed by atoms with van der Waals surface area (Å²) in [6.07, 6.45) is 1.69. The Morgan fingerprint density at radius 2 is 1.62 bits per heavy atom. The third-order valence-electron chi connectivity index (χ3n) is 4.60. The Kier molecular flexibility index (Phi) is 6.56. The first kappa shape index (κ1) is 19.7. The van der Waals surface area contributed by atoms with Gasteiger partial charge in [0, 0.05) is 18.3 Å². The second-order valence-corrected chi connectivity index (χ2v) is 6.60. The van der Waals surface area contributed by atoms with Gasteiger partial charge in [0.25, 0.3) is 0 Å². The van der Waals surface area contributed by atoms with Crippen LogP contribution in [0.1, 0.15) is 43.0 Å². The second kappa shape index (κ2) is 8.65. The molecular weight excluding hydrogens is 324 g/mol. The quantitative estimate of drug-likeness (QED) is 0.836. The summed E-state index contributed by atoms with van der Waals surface area (Å²) < 4.78 is 0. The summed E-state index contributed by atoms with van der Waals surface area (Å²) in [6, 6.07) is 12.0. The summed E-state index contributed by atoms with van der Waals surface area (Å²) in [7, 11) is 0. The van der Waals surface area contributed by atoms with Gasteiger partial charge in [-0.1, -0.05) is 44.2 Å². The molecule has 4 nitrogen and oxygen atoms in total. The van der Waals surface area contributed by atoms with Crippen molar-refractivity contribution in [2.75, 3.05) is 16.8 Å². The summed E-state index contributed by atoms with van der Waals surface area (Å²) in [4.78, 5) is 26.5. The molecule has 0 saturated carbocycles. The van der Waals surface area contributed by atoms with Crippen LogP contribution in [0.25, 0.3) is 0 Å². The number of amides is 2. The van der Waals surface area contributed by atoms with Crippen LogP contribution in [0.3, 0.4) is 0 Å². The Morgan fingerprint density at radius 3 is 2.15 bits per heavy atom. The van der Waals surface area contributed by atoms with Crippen molar-refractivity contribution in [1.29, 1.82) is 0 Å². The fourth-order valence-electron chi connectivity index (χ4n) is 3.10. The third kappa shape index (κ3) is 4.51. The van der Waals surface area contributed by atoms with Crippen molar-refractivity contribution in [2.45, 2.75) is 47.5 Å². The van der Waals surface area contributed by atoms with Crippen LogP contribution in [0.5, 0.6) is 0 Å². The van der Waals surface area contributed by atoms with E-state index in [4.69, 9.17) is 0 Å². The fourth-order valence-corrected chi connectivity index (χ4v) is 3.10. The van der Waals surface area contributed by atoms with Crippen LogP contribution < -0.4 is 10.2 Å². The maximum atomic E-state index is 12.7. The standard InChI is InChI=1S/C22H28N2O2/c1-6-18-9-8-10-19(7-2)22(18)23-21(26)14-24(17(5)25)20-13-15(3)11-12-16(20)4/h8-13H,6-7,14H2,1-5H3,(H,23,26). The smallest absolute Gasteiger partial charge is 0.244 e. The van der Waals surface area contributed by atoms with Gasteiger partial charge in [-0.15, -0.1) is 0 Å². The molecule has 2 amide bonds. The molecule has 0 aliphatic carbocycles. The molecule has 2 rings (SSSR count). The molecule has 0 aromatic heterocycles. The van der Waals surface area contributed by atoms with Gasteiger partial charge < -0.3 is 10.2 Å². The Bertz CT molecular complexity index is 790. The van der Waals surface area contributed by atoms with Gasteiger partial charge in [-0.05, 0) is 55.0 Å². The zero-order valence-electron chi connectivity index (χ0n) is 16.3. The molecule has 0 radical (unpaired) electrons. The van der Waals surface area contributed by atoms with E-state index in [1.807, 2.05) is 50.2 Å². The molecule has 0 aliphatic heterocycles. The van der Waals surface area contributed by atoms with E-state index in [2.05, 4.69) is 19.2 Å². The van der Waals surface area contributed by atoms with Crippen molar-refractivity contribution in [1.82, 2.24) is 0 Å². The van der Waals surface area contributed by atoms with Gasteiger partial charge >= 0.3 is 0 Å². The predicted molar refractivity (Wildman–Crippen MR) is 108 cm³/mol. The van der Waals surface area contributed by atoms with Crippen molar-refractivity contribution in [3.63, 3.8) is 0 Å². The molecule has 2 aromatic rings. The van der Waals surface area contributed by atoms with E-state index in [1.54, 1.807) is 0 Å². The summed E-state index contributed by atoms with van der Waals surface area (Å²) >= 11 is 0. The van der Waals surface area contributed by atoms with E-state index in [9.17, 15) is 9.59 Å². The van der Waals surface area contributed by atoms with Gasteiger partial charge in [-0.2, -0.15) is 0 Å². The van der Waals surface area contributed by atoms with E-state index in [0.29, 0.717) is 0 Å². The number of rotatable bonds is 6. The van der Waals surface area contributed by atoms with Crippen LogP contribution in [0.2, 0.25) is 0 Å². The summed E-state index contributed by atoms with van der Waals surface area (Å²) in [5.74, 6) is -0.329. The zero-order valence-corrected chi connectivity index (χ0v) is 16.3. The van der Waals surface area contributed by atoms with E-state index in [0.717, 1.165) is 46.5 Å². The average Bonchev–Trinajstić information content (AvgIpc) is 2.61. The predicted octanol–water partition coefficient (Wildman–Crippen LogP) is 4.42. The van der Waals surface area contributed by atoms with E-state index < -0.39 is 0 Å². The Morgan fingerprint density at radius 1 is 1.00 bits per heavy atom. The topological polar surface area (TPSA) is 49.4 Å². The van der Waals surface area contributed by atoms with E-state index in [-0.39, 0.29) is 18.4 Å². The SMILES string of the molecule is CCc1cccc(CC)c1NC(=O)CN(C(C)=O)c1cc(C)ccc1C. The van der Waals surface area contributed by atoms with E-state index >= 15 is 0 Å². The monoisotopic (exact) mass is 352 g/mol. The highest BCUT2D eigenvalue weighted by atomic mass is 16.2. The average molecular weight is 352 g/mol. The van der Waals surface area contributed by atoms with Crippen molar-refractivity contribution >= 4 is 23.2 Å². The van der Waals surface area contributed by atoms with Crippen LogP contribution in [-0.2, 0) is 22.4 Å². The van der Waals surface area contributed by atoms with Crippen LogP contribution in [-0.4, -0.2) is 18.4 Å². The van der Waals surface area contributed by atoms with Gasteiger partial charge in [0.1, 0.15) is 6.54 Å². The van der Waals surface area contributed by atoms with Crippen molar-refractivity contribution in [2.24, 2.45) is 0 Å². The number of carbonyl (C=O) groups excluding carboxylic acids is 2. The van der Waals surface area contributed by atoms with Gasteiger partial charge in [-0.3, -0.25) is 9.59 Å². The third-order valence-corrected chi connectivity index (χ3v) is 4.60. The lowest BCUT2D eigenvalue weighted by atomic mass is 10.0. The number of hydrogen-bond acceptors (Lipinski definition) is 2. The number of carbonyl (C=O) groups is 2.